The zero-order valence-electron chi connectivity index (χ0n) is 17.1. The third-order valence-electron chi connectivity index (χ3n) is 4.81. The zero-order chi connectivity index (χ0) is 21.5. The molecule has 1 heterocycles. The third kappa shape index (κ3) is 5.43. The second kappa shape index (κ2) is 9.99. The van der Waals surface area contributed by atoms with Crippen molar-refractivity contribution in [1.82, 2.24) is 9.55 Å². The lowest BCUT2D eigenvalue weighted by atomic mass is 10.1. The van der Waals surface area contributed by atoms with Crippen LogP contribution in [0.2, 0.25) is 0 Å². The smallest absolute Gasteiger partial charge is 0.329 e. The fourth-order valence-electron chi connectivity index (χ4n) is 3.16. The number of aryl methyl sites for hydroxylation is 2. The molecule has 3 rings (SSSR count). The van der Waals surface area contributed by atoms with E-state index < -0.39 is 5.69 Å². The lowest BCUT2D eigenvalue weighted by Gasteiger charge is -2.11. The molecule has 3 aromatic rings. The summed E-state index contributed by atoms with van der Waals surface area (Å²) in [4.78, 5) is 27.6. The number of rotatable bonds is 8. The molecular weight excluding hydrogens is 396 g/mol. The molecule has 7 heteroatoms. The molecule has 0 saturated heterocycles. The summed E-state index contributed by atoms with van der Waals surface area (Å²) in [6.07, 6.45) is 0.915. The predicted octanol–water partition coefficient (Wildman–Crippen LogP) is 3.96. The summed E-state index contributed by atoms with van der Waals surface area (Å²) in [5.41, 5.74) is 4.17. The highest BCUT2D eigenvalue weighted by Gasteiger charge is 2.06. The van der Waals surface area contributed by atoms with Gasteiger partial charge in [0.15, 0.2) is 0 Å². The Balaban J connectivity index is 1.62. The average molecular weight is 421 g/mol. The maximum absolute atomic E-state index is 12.4. The Morgan fingerprint density at radius 2 is 2.00 bits per heavy atom. The van der Waals surface area contributed by atoms with Gasteiger partial charge in [-0.3, -0.25) is 14.3 Å². The highest BCUT2D eigenvalue weighted by molar-refractivity contribution is 7.98. The van der Waals surface area contributed by atoms with Crippen molar-refractivity contribution in [3.8, 4) is 6.07 Å². The molecule has 0 bridgehead atoms. The summed E-state index contributed by atoms with van der Waals surface area (Å²) in [6, 6.07) is 16.9. The Morgan fingerprint density at radius 1 is 1.17 bits per heavy atom. The quantitative estimate of drug-likeness (QED) is 0.539. The topological polar surface area (TPSA) is 90.7 Å². The van der Waals surface area contributed by atoms with Gasteiger partial charge in [-0.25, -0.2) is 4.79 Å². The summed E-state index contributed by atoms with van der Waals surface area (Å²) >= 11 is 1.61. The first-order valence-corrected chi connectivity index (χ1v) is 10.9. The third-order valence-corrected chi connectivity index (χ3v) is 5.82. The minimum Gasteiger partial charge on any atom is -0.342 e. The van der Waals surface area contributed by atoms with Crippen LogP contribution >= 0.6 is 11.8 Å². The molecule has 0 aliphatic heterocycles. The van der Waals surface area contributed by atoms with E-state index in [4.69, 9.17) is 5.26 Å². The fraction of sp³-hybridized carbons (Fsp3) is 0.261. The van der Waals surface area contributed by atoms with Gasteiger partial charge in [0.1, 0.15) is 5.82 Å². The standard InChI is InChI=1S/C23H24N4O2S/c1-3-19-12-20(8-7-16(19)2)25-21-13-22(28)27(23(29)26-21)9-10-30-15-18-6-4-5-17(11-18)14-24/h4-8,11-13,25H,3,9-10,15H2,1-2H3,(H,26,29). The Morgan fingerprint density at radius 3 is 2.73 bits per heavy atom. The zero-order valence-corrected chi connectivity index (χ0v) is 17.9. The van der Waals surface area contributed by atoms with Crippen LogP contribution in [-0.2, 0) is 18.7 Å². The van der Waals surface area contributed by atoms with Gasteiger partial charge in [-0.1, -0.05) is 25.1 Å². The predicted molar refractivity (Wildman–Crippen MR) is 122 cm³/mol. The van der Waals surface area contributed by atoms with Gasteiger partial charge in [-0.15, -0.1) is 0 Å². The minimum absolute atomic E-state index is 0.321. The highest BCUT2D eigenvalue weighted by Crippen LogP contribution is 2.18. The van der Waals surface area contributed by atoms with E-state index in [2.05, 4.69) is 30.2 Å². The van der Waals surface area contributed by atoms with Crippen LogP contribution in [0.5, 0.6) is 0 Å². The molecule has 30 heavy (non-hydrogen) atoms. The highest BCUT2D eigenvalue weighted by atomic mass is 32.2. The number of nitrogens with zero attached hydrogens (tertiary/aromatic N) is 2. The minimum atomic E-state index is -0.431. The molecule has 0 amide bonds. The van der Waals surface area contributed by atoms with E-state index in [1.54, 1.807) is 17.8 Å². The van der Waals surface area contributed by atoms with Crippen LogP contribution in [0.25, 0.3) is 0 Å². The number of anilines is 2. The molecule has 0 radical (unpaired) electrons. The number of nitriles is 1. The first-order chi connectivity index (χ1) is 14.5. The number of benzene rings is 2. The van der Waals surface area contributed by atoms with Crippen LogP contribution < -0.4 is 16.6 Å². The molecule has 1 aromatic heterocycles. The Hall–Kier alpha value is -3.24. The first kappa shape index (κ1) is 21.5. The van der Waals surface area contributed by atoms with Gasteiger partial charge in [0.25, 0.3) is 5.56 Å². The average Bonchev–Trinajstić information content (AvgIpc) is 2.74. The number of thioether (sulfide) groups is 1. The summed E-state index contributed by atoms with van der Waals surface area (Å²) in [6.45, 7) is 4.47. The lowest BCUT2D eigenvalue weighted by molar-refractivity contribution is 0.681. The molecule has 0 unspecified atom stereocenters. The maximum Gasteiger partial charge on any atom is 0.329 e. The Bertz CT molecular complexity index is 1160. The van der Waals surface area contributed by atoms with Gasteiger partial charge in [0.2, 0.25) is 0 Å². The second-order valence-corrected chi connectivity index (χ2v) is 8.07. The molecule has 0 aliphatic rings. The molecule has 154 valence electrons. The lowest BCUT2D eigenvalue weighted by Crippen LogP contribution is -2.35. The summed E-state index contributed by atoms with van der Waals surface area (Å²) in [5.74, 6) is 1.72. The molecule has 0 atom stereocenters. The van der Waals surface area contributed by atoms with Crippen LogP contribution in [0.15, 0.2) is 58.1 Å². The fourth-order valence-corrected chi connectivity index (χ4v) is 4.03. The van der Waals surface area contributed by atoms with Gasteiger partial charge in [-0.05, 0) is 54.3 Å². The van der Waals surface area contributed by atoms with Gasteiger partial charge in [0, 0.05) is 29.8 Å². The molecule has 0 fully saturated rings. The molecule has 0 spiro atoms. The second-order valence-electron chi connectivity index (χ2n) is 6.96. The van der Waals surface area contributed by atoms with Crippen molar-refractivity contribution < 1.29 is 0 Å². The number of aromatic amines is 1. The largest absolute Gasteiger partial charge is 0.342 e. The van der Waals surface area contributed by atoms with Gasteiger partial charge in [0.05, 0.1) is 11.6 Å². The summed E-state index contributed by atoms with van der Waals surface area (Å²) < 4.78 is 1.20. The summed E-state index contributed by atoms with van der Waals surface area (Å²) in [7, 11) is 0. The maximum atomic E-state index is 12.4. The van der Waals surface area contributed by atoms with Gasteiger partial charge in [-0.2, -0.15) is 17.0 Å². The molecule has 0 aliphatic carbocycles. The number of nitrogens with one attached hydrogen (secondary N) is 2. The first-order valence-electron chi connectivity index (χ1n) is 9.77. The van der Waals surface area contributed by atoms with Crippen LogP contribution in [-0.4, -0.2) is 15.3 Å². The van der Waals surface area contributed by atoms with E-state index in [0.29, 0.717) is 23.7 Å². The van der Waals surface area contributed by atoms with E-state index in [1.807, 2.05) is 36.4 Å². The Kier molecular flexibility index (Phi) is 7.15. The van der Waals surface area contributed by atoms with E-state index in [1.165, 1.54) is 21.8 Å². The van der Waals surface area contributed by atoms with E-state index >= 15 is 0 Å². The number of hydrogen-bond acceptors (Lipinski definition) is 5. The monoisotopic (exact) mass is 420 g/mol. The van der Waals surface area contributed by atoms with Crippen molar-refractivity contribution in [2.45, 2.75) is 32.6 Å². The SMILES string of the molecule is CCc1cc(Nc2cc(=O)n(CCSCc3cccc(C#N)c3)c(=O)[nH]2)ccc1C. The molecule has 0 saturated carbocycles. The van der Waals surface area contributed by atoms with Crippen LogP contribution in [0.3, 0.4) is 0 Å². The van der Waals surface area contributed by atoms with Gasteiger partial charge < -0.3 is 5.32 Å². The number of hydrogen-bond donors (Lipinski definition) is 2. The van der Waals surface area contributed by atoms with Crippen LogP contribution in [0.4, 0.5) is 11.5 Å². The Labute approximate surface area is 179 Å². The van der Waals surface area contributed by atoms with Gasteiger partial charge >= 0.3 is 5.69 Å². The van der Waals surface area contributed by atoms with E-state index in [0.717, 1.165) is 23.4 Å². The van der Waals surface area contributed by atoms with Crippen molar-refractivity contribution in [2.24, 2.45) is 0 Å². The number of H-pyrrole nitrogens is 1. The molecular formula is C23H24N4O2S. The van der Waals surface area contributed by atoms with Crippen molar-refractivity contribution in [2.75, 3.05) is 11.1 Å². The van der Waals surface area contributed by atoms with E-state index in [9.17, 15) is 9.59 Å². The molecule has 2 aromatic carbocycles. The molecule has 2 N–H and O–H groups in total. The van der Waals surface area contributed by atoms with Crippen LogP contribution in [0.1, 0.15) is 29.2 Å². The normalized spacial score (nSPS) is 10.6. The molecule has 6 nitrogen and oxygen atoms in total. The van der Waals surface area contributed by atoms with E-state index in [-0.39, 0.29) is 5.56 Å². The van der Waals surface area contributed by atoms with Crippen molar-refractivity contribution >= 4 is 23.3 Å². The number of aromatic nitrogens is 2. The van der Waals surface area contributed by atoms with Crippen molar-refractivity contribution in [3.05, 3.63) is 91.6 Å². The van der Waals surface area contributed by atoms with Crippen molar-refractivity contribution in [1.29, 1.82) is 5.26 Å². The van der Waals surface area contributed by atoms with Crippen LogP contribution in [0, 0.1) is 18.3 Å². The van der Waals surface area contributed by atoms with Crippen molar-refractivity contribution in [3.63, 3.8) is 0 Å². The summed E-state index contributed by atoms with van der Waals surface area (Å²) in [5, 5.41) is 12.1.